The first-order valence-electron chi connectivity index (χ1n) is 2.84. The van der Waals surface area contributed by atoms with Gasteiger partial charge in [0.1, 0.15) is 0 Å². The van der Waals surface area contributed by atoms with Crippen LogP contribution in [0, 0.1) is 9.39 Å². The Hall–Kier alpha value is 0.520. The number of hydrogen-bond donors (Lipinski definition) is 0. The van der Waals surface area contributed by atoms with Gasteiger partial charge < -0.3 is 0 Å². The summed E-state index contributed by atoms with van der Waals surface area (Å²) in [6.45, 7) is 0. The van der Waals surface area contributed by atoms with Crippen LogP contribution in [0.3, 0.4) is 0 Å². The van der Waals surface area contributed by atoms with Crippen LogP contribution in [0.4, 0.5) is 4.39 Å². The SMILES string of the molecule is CSc1ccc(Cl)c(I)c1F. The van der Waals surface area contributed by atoms with Crippen molar-refractivity contribution < 1.29 is 4.39 Å². The highest BCUT2D eigenvalue weighted by molar-refractivity contribution is 14.1. The van der Waals surface area contributed by atoms with Crippen molar-refractivity contribution >= 4 is 46.0 Å². The van der Waals surface area contributed by atoms with Crippen molar-refractivity contribution in [2.24, 2.45) is 0 Å². The van der Waals surface area contributed by atoms with Gasteiger partial charge in [-0.15, -0.1) is 11.8 Å². The van der Waals surface area contributed by atoms with Gasteiger partial charge in [-0.1, -0.05) is 11.6 Å². The molecule has 0 nitrogen and oxygen atoms in total. The lowest BCUT2D eigenvalue weighted by atomic mass is 10.3. The number of rotatable bonds is 1. The highest BCUT2D eigenvalue weighted by Crippen LogP contribution is 2.28. The molecule has 0 fully saturated rings. The summed E-state index contributed by atoms with van der Waals surface area (Å²) >= 11 is 8.96. The number of halogens is 3. The van der Waals surface area contributed by atoms with Crippen LogP contribution in [0.15, 0.2) is 17.0 Å². The van der Waals surface area contributed by atoms with Crippen molar-refractivity contribution in [3.05, 3.63) is 26.5 Å². The molecule has 4 heteroatoms. The summed E-state index contributed by atoms with van der Waals surface area (Å²) in [6.07, 6.45) is 1.84. The van der Waals surface area contributed by atoms with Crippen LogP contribution < -0.4 is 0 Å². The van der Waals surface area contributed by atoms with E-state index < -0.39 is 0 Å². The molecule has 0 aliphatic rings. The van der Waals surface area contributed by atoms with E-state index in [1.54, 1.807) is 12.1 Å². The van der Waals surface area contributed by atoms with E-state index in [1.807, 2.05) is 28.8 Å². The largest absolute Gasteiger partial charge is 0.205 e. The molecule has 0 saturated carbocycles. The number of hydrogen-bond acceptors (Lipinski definition) is 1. The second-order valence-corrected chi connectivity index (χ2v) is 4.21. The minimum Gasteiger partial charge on any atom is -0.205 e. The first-order valence-corrected chi connectivity index (χ1v) is 5.52. The smallest absolute Gasteiger partial charge is 0.151 e. The Labute approximate surface area is 87.7 Å². The van der Waals surface area contributed by atoms with Crippen LogP contribution in [-0.4, -0.2) is 6.26 Å². The molecule has 0 N–H and O–H groups in total. The first-order chi connectivity index (χ1) is 5.16. The van der Waals surface area contributed by atoms with Gasteiger partial charge >= 0.3 is 0 Å². The van der Waals surface area contributed by atoms with Crippen LogP contribution in [0.25, 0.3) is 0 Å². The van der Waals surface area contributed by atoms with Crippen molar-refractivity contribution in [3.8, 4) is 0 Å². The van der Waals surface area contributed by atoms with E-state index in [0.29, 0.717) is 13.5 Å². The third-order valence-corrected chi connectivity index (χ3v) is 3.66. The highest BCUT2D eigenvalue weighted by Gasteiger charge is 2.07. The zero-order valence-corrected chi connectivity index (χ0v) is 9.43. The Balaban J connectivity index is 3.25. The molecule has 0 radical (unpaired) electrons. The second-order valence-electron chi connectivity index (χ2n) is 1.88. The van der Waals surface area contributed by atoms with Crippen LogP contribution in [0.5, 0.6) is 0 Å². The quantitative estimate of drug-likeness (QED) is 0.432. The zero-order valence-electron chi connectivity index (χ0n) is 5.70. The minimum atomic E-state index is -0.217. The minimum absolute atomic E-state index is 0.217. The Morgan fingerprint density at radius 2 is 2.18 bits per heavy atom. The predicted molar refractivity (Wildman–Crippen MR) is 55.9 cm³/mol. The van der Waals surface area contributed by atoms with E-state index in [0.717, 1.165) is 0 Å². The third kappa shape index (κ3) is 2.00. The molecule has 0 aliphatic heterocycles. The first kappa shape index (κ1) is 9.61. The summed E-state index contributed by atoms with van der Waals surface area (Å²) in [4.78, 5) is 0.638. The summed E-state index contributed by atoms with van der Waals surface area (Å²) in [5.41, 5.74) is 0. The van der Waals surface area contributed by atoms with Crippen molar-refractivity contribution in [3.63, 3.8) is 0 Å². The average molecular weight is 303 g/mol. The van der Waals surface area contributed by atoms with Crippen LogP contribution >= 0.6 is 46.0 Å². The Kier molecular flexibility index (Phi) is 3.46. The van der Waals surface area contributed by atoms with Crippen LogP contribution in [0.2, 0.25) is 5.02 Å². The van der Waals surface area contributed by atoms with Gasteiger partial charge in [0.2, 0.25) is 0 Å². The molecule has 0 spiro atoms. The van der Waals surface area contributed by atoms with E-state index in [1.165, 1.54) is 11.8 Å². The molecule has 60 valence electrons. The molecular formula is C7H5ClFIS. The number of benzene rings is 1. The predicted octanol–water partition coefficient (Wildman–Crippen LogP) is 3.81. The maximum Gasteiger partial charge on any atom is 0.151 e. The highest BCUT2D eigenvalue weighted by atomic mass is 127. The monoisotopic (exact) mass is 302 g/mol. The lowest BCUT2D eigenvalue weighted by Gasteiger charge is -2.01. The lowest BCUT2D eigenvalue weighted by molar-refractivity contribution is 0.594. The van der Waals surface area contributed by atoms with E-state index in [4.69, 9.17) is 11.6 Å². The summed E-state index contributed by atoms with van der Waals surface area (Å²) < 4.78 is 13.6. The maximum absolute atomic E-state index is 13.2. The van der Waals surface area contributed by atoms with Gasteiger partial charge in [-0.05, 0) is 41.0 Å². The fraction of sp³-hybridized carbons (Fsp3) is 0.143. The van der Waals surface area contributed by atoms with E-state index in [2.05, 4.69) is 0 Å². The van der Waals surface area contributed by atoms with Crippen molar-refractivity contribution in [1.82, 2.24) is 0 Å². The van der Waals surface area contributed by atoms with Crippen LogP contribution in [-0.2, 0) is 0 Å². The standard InChI is InChI=1S/C7H5ClFIS/c1-11-5-3-2-4(8)7(10)6(5)9/h2-3H,1H3. The normalized spacial score (nSPS) is 10.2. The van der Waals surface area contributed by atoms with Gasteiger partial charge in [0.25, 0.3) is 0 Å². The van der Waals surface area contributed by atoms with Gasteiger partial charge in [0.05, 0.1) is 8.59 Å². The second kappa shape index (κ2) is 3.96. The summed E-state index contributed by atoms with van der Waals surface area (Å²) in [5, 5.41) is 0.473. The molecule has 0 aromatic heterocycles. The van der Waals surface area contributed by atoms with Crippen molar-refractivity contribution in [2.45, 2.75) is 4.90 Å². The Morgan fingerprint density at radius 3 is 2.73 bits per heavy atom. The Morgan fingerprint density at radius 1 is 1.55 bits per heavy atom. The molecular weight excluding hydrogens is 297 g/mol. The van der Waals surface area contributed by atoms with Gasteiger partial charge in [0.15, 0.2) is 5.82 Å². The lowest BCUT2D eigenvalue weighted by Crippen LogP contribution is -1.86. The number of thioether (sulfide) groups is 1. The molecule has 0 amide bonds. The van der Waals surface area contributed by atoms with E-state index in [9.17, 15) is 4.39 Å². The Bertz CT molecular complexity index is 277. The molecule has 0 aliphatic carbocycles. The zero-order chi connectivity index (χ0) is 8.43. The average Bonchev–Trinajstić information content (AvgIpc) is 2.01. The van der Waals surface area contributed by atoms with Gasteiger partial charge in [-0.2, -0.15) is 0 Å². The summed E-state index contributed by atoms with van der Waals surface area (Å²) in [5.74, 6) is -0.217. The van der Waals surface area contributed by atoms with Gasteiger partial charge in [0, 0.05) is 4.90 Å². The topological polar surface area (TPSA) is 0 Å². The molecule has 0 saturated heterocycles. The van der Waals surface area contributed by atoms with Crippen LogP contribution in [0.1, 0.15) is 0 Å². The molecule has 1 aromatic rings. The molecule has 0 bridgehead atoms. The fourth-order valence-electron chi connectivity index (χ4n) is 0.666. The fourth-order valence-corrected chi connectivity index (χ4v) is 1.95. The molecule has 1 aromatic carbocycles. The van der Waals surface area contributed by atoms with Gasteiger partial charge in [-0.25, -0.2) is 4.39 Å². The van der Waals surface area contributed by atoms with Gasteiger partial charge in [-0.3, -0.25) is 0 Å². The maximum atomic E-state index is 13.2. The van der Waals surface area contributed by atoms with E-state index >= 15 is 0 Å². The summed E-state index contributed by atoms with van der Waals surface area (Å²) in [7, 11) is 0. The molecule has 0 unspecified atom stereocenters. The van der Waals surface area contributed by atoms with Crippen molar-refractivity contribution in [1.29, 1.82) is 0 Å². The molecule has 11 heavy (non-hydrogen) atoms. The third-order valence-electron chi connectivity index (χ3n) is 1.22. The molecule has 0 atom stereocenters. The molecule has 1 rings (SSSR count). The van der Waals surface area contributed by atoms with Crippen molar-refractivity contribution in [2.75, 3.05) is 6.26 Å². The van der Waals surface area contributed by atoms with E-state index in [-0.39, 0.29) is 5.82 Å². The summed E-state index contributed by atoms with van der Waals surface area (Å²) in [6, 6.07) is 3.39. The molecule has 0 heterocycles.